The Morgan fingerprint density at radius 2 is 2.05 bits per heavy atom. The molecule has 0 N–H and O–H groups in total. The zero-order valence-corrected chi connectivity index (χ0v) is 13.5. The molecule has 2 rings (SSSR count). The van der Waals surface area contributed by atoms with E-state index in [1.54, 1.807) is 24.3 Å². The number of carbonyl (C=O) groups is 2. The summed E-state index contributed by atoms with van der Waals surface area (Å²) in [6.07, 6.45) is 8.28. The zero-order chi connectivity index (χ0) is 15.9. The van der Waals surface area contributed by atoms with Crippen molar-refractivity contribution in [1.29, 1.82) is 0 Å². The standard InChI is InChI=1S/C17H25N3O2/c1-3-15-6-4-5-12-20(15)17(22)16(21)19(2)13-9-14-7-10-18-11-8-14/h7-8,10-11,15H,3-6,9,12-13H2,1-2H3. The van der Waals surface area contributed by atoms with Gasteiger partial charge in [-0.05, 0) is 49.8 Å². The van der Waals surface area contributed by atoms with E-state index in [1.165, 1.54) is 4.90 Å². The molecule has 1 atom stereocenters. The van der Waals surface area contributed by atoms with Crippen LogP contribution in [0.2, 0.25) is 0 Å². The third-order valence-electron chi connectivity index (χ3n) is 4.37. The largest absolute Gasteiger partial charge is 0.337 e. The van der Waals surface area contributed by atoms with E-state index in [0.717, 1.165) is 37.7 Å². The van der Waals surface area contributed by atoms with Gasteiger partial charge >= 0.3 is 11.8 Å². The fourth-order valence-electron chi connectivity index (χ4n) is 2.93. The van der Waals surface area contributed by atoms with Crippen LogP contribution < -0.4 is 0 Å². The number of pyridine rings is 1. The number of carbonyl (C=O) groups excluding carboxylic acids is 2. The van der Waals surface area contributed by atoms with Crippen LogP contribution in [0.15, 0.2) is 24.5 Å². The molecule has 5 heteroatoms. The topological polar surface area (TPSA) is 53.5 Å². The van der Waals surface area contributed by atoms with Gasteiger partial charge in [0.05, 0.1) is 0 Å². The number of amides is 2. The second kappa shape index (κ2) is 7.92. The number of nitrogens with zero attached hydrogens (tertiary/aromatic N) is 3. The van der Waals surface area contributed by atoms with Gasteiger partial charge in [0.15, 0.2) is 0 Å². The molecule has 1 aliphatic rings. The molecule has 1 saturated heterocycles. The molecule has 0 bridgehead atoms. The second-order valence-electron chi connectivity index (χ2n) is 5.89. The highest BCUT2D eigenvalue weighted by atomic mass is 16.2. The van der Waals surface area contributed by atoms with Gasteiger partial charge in [0.25, 0.3) is 0 Å². The first-order valence-corrected chi connectivity index (χ1v) is 8.08. The lowest BCUT2D eigenvalue weighted by Gasteiger charge is -2.35. The Morgan fingerprint density at radius 1 is 1.32 bits per heavy atom. The number of piperidine rings is 1. The van der Waals surface area contributed by atoms with E-state index < -0.39 is 5.91 Å². The molecule has 0 saturated carbocycles. The van der Waals surface area contributed by atoms with Crippen molar-refractivity contribution in [3.05, 3.63) is 30.1 Å². The van der Waals surface area contributed by atoms with Gasteiger partial charge in [-0.2, -0.15) is 0 Å². The fraction of sp³-hybridized carbons (Fsp3) is 0.588. The van der Waals surface area contributed by atoms with Gasteiger partial charge in [-0.3, -0.25) is 14.6 Å². The van der Waals surface area contributed by atoms with Gasteiger partial charge < -0.3 is 9.80 Å². The van der Waals surface area contributed by atoms with Gasteiger partial charge in [0.1, 0.15) is 0 Å². The Balaban J connectivity index is 1.90. The summed E-state index contributed by atoms with van der Waals surface area (Å²) in [6.45, 7) is 3.33. The highest BCUT2D eigenvalue weighted by molar-refractivity contribution is 6.34. The lowest BCUT2D eigenvalue weighted by atomic mass is 10.00. The average Bonchev–Trinajstić information content (AvgIpc) is 2.59. The third kappa shape index (κ3) is 4.06. The predicted molar refractivity (Wildman–Crippen MR) is 85.2 cm³/mol. The maximum atomic E-state index is 12.4. The number of hydrogen-bond donors (Lipinski definition) is 0. The van der Waals surface area contributed by atoms with Crippen LogP contribution in [0.1, 0.15) is 38.2 Å². The van der Waals surface area contributed by atoms with Crippen LogP contribution in [0.4, 0.5) is 0 Å². The summed E-state index contributed by atoms with van der Waals surface area (Å²) in [5, 5.41) is 0. The Bertz CT molecular complexity index is 504. The molecule has 1 aromatic heterocycles. The molecule has 0 radical (unpaired) electrons. The molecule has 1 aromatic rings. The van der Waals surface area contributed by atoms with Gasteiger partial charge in [0, 0.05) is 38.6 Å². The van der Waals surface area contributed by atoms with E-state index in [0.29, 0.717) is 13.1 Å². The fourth-order valence-corrected chi connectivity index (χ4v) is 2.93. The Morgan fingerprint density at radius 3 is 2.73 bits per heavy atom. The number of hydrogen-bond acceptors (Lipinski definition) is 3. The van der Waals surface area contributed by atoms with Crippen molar-refractivity contribution in [3.63, 3.8) is 0 Å². The first-order chi connectivity index (χ1) is 10.6. The van der Waals surface area contributed by atoms with Crippen LogP contribution in [-0.2, 0) is 16.0 Å². The molecular formula is C17H25N3O2. The highest BCUT2D eigenvalue weighted by Crippen LogP contribution is 2.19. The highest BCUT2D eigenvalue weighted by Gasteiger charge is 2.31. The molecule has 1 aliphatic heterocycles. The minimum atomic E-state index is -0.394. The SMILES string of the molecule is CCC1CCCCN1C(=O)C(=O)N(C)CCc1ccncc1. The van der Waals surface area contributed by atoms with E-state index in [4.69, 9.17) is 0 Å². The van der Waals surface area contributed by atoms with Gasteiger partial charge in [-0.1, -0.05) is 6.92 Å². The van der Waals surface area contributed by atoms with Crippen LogP contribution in [-0.4, -0.2) is 52.8 Å². The van der Waals surface area contributed by atoms with Crippen LogP contribution in [0, 0.1) is 0 Å². The lowest BCUT2D eigenvalue weighted by molar-refractivity contribution is -0.153. The lowest BCUT2D eigenvalue weighted by Crippen LogP contribution is -2.50. The Kier molecular flexibility index (Phi) is 5.92. The minimum Gasteiger partial charge on any atom is -0.337 e. The molecule has 2 amide bonds. The third-order valence-corrected chi connectivity index (χ3v) is 4.37. The van der Waals surface area contributed by atoms with E-state index in [9.17, 15) is 9.59 Å². The summed E-state index contributed by atoms with van der Waals surface area (Å²) in [6, 6.07) is 4.08. The second-order valence-corrected chi connectivity index (χ2v) is 5.89. The predicted octanol–water partition coefficient (Wildman–Crippen LogP) is 1.87. The maximum Gasteiger partial charge on any atom is 0.312 e. The molecule has 1 fully saturated rings. The van der Waals surface area contributed by atoms with Crippen molar-refractivity contribution in [2.24, 2.45) is 0 Å². The summed E-state index contributed by atoms with van der Waals surface area (Å²) in [5.41, 5.74) is 1.12. The summed E-state index contributed by atoms with van der Waals surface area (Å²) in [4.78, 5) is 32.1. The molecule has 0 aromatic carbocycles. The minimum absolute atomic E-state index is 0.221. The van der Waals surface area contributed by atoms with Crippen LogP contribution in [0.5, 0.6) is 0 Å². The van der Waals surface area contributed by atoms with Crippen LogP contribution in [0.3, 0.4) is 0 Å². The van der Waals surface area contributed by atoms with Crippen molar-refractivity contribution < 1.29 is 9.59 Å². The van der Waals surface area contributed by atoms with Crippen LogP contribution in [0.25, 0.3) is 0 Å². The van der Waals surface area contributed by atoms with E-state index in [-0.39, 0.29) is 11.9 Å². The molecule has 2 heterocycles. The number of likely N-dealkylation sites (tertiary alicyclic amines) is 1. The number of aromatic nitrogens is 1. The molecule has 0 aliphatic carbocycles. The first-order valence-electron chi connectivity index (χ1n) is 8.08. The van der Waals surface area contributed by atoms with Gasteiger partial charge in [-0.15, -0.1) is 0 Å². The molecule has 22 heavy (non-hydrogen) atoms. The normalized spacial score (nSPS) is 18.1. The monoisotopic (exact) mass is 303 g/mol. The summed E-state index contributed by atoms with van der Waals surface area (Å²) < 4.78 is 0. The van der Waals surface area contributed by atoms with Crippen molar-refractivity contribution in [2.75, 3.05) is 20.1 Å². The molecule has 1 unspecified atom stereocenters. The Hall–Kier alpha value is -1.91. The van der Waals surface area contributed by atoms with E-state index in [1.807, 2.05) is 12.1 Å². The van der Waals surface area contributed by atoms with Crippen LogP contribution >= 0.6 is 0 Å². The van der Waals surface area contributed by atoms with Crippen molar-refractivity contribution >= 4 is 11.8 Å². The molecule has 0 spiro atoms. The first kappa shape index (κ1) is 16.5. The number of rotatable bonds is 4. The average molecular weight is 303 g/mol. The van der Waals surface area contributed by atoms with Crippen molar-refractivity contribution in [1.82, 2.24) is 14.8 Å². The van der Waals surface area contributed by atoms with E-state index in [2.05, 4.69) is 11.9 Å². The smallest absolute Gasteiger partial charge is 0.312 e. The molecule has 5 nitrogen and oxygen atoms in total. The zero-order valence-electron chi connectivity index (χ0n) is 13.5. The van der Waals surface area contributed by atoms with Gasteiger partial charge in [0.2, 0.25) is 0 Å². The summed E-state index contributed by atoms with van der Waals surface area (Å²) >= 11 is 0. The van der Waals surface area contributed by atoms with Crippen molar-refractivity contribution in [3.8, 4) is 0 Å². The molecular weight excluding hydrogens is 278 g/mol. The maximum absolute atomic E-state index is 12.4. The molecule has 120 valence electrons. The van der Waals surface area contributed by atoms with Gasteiger partial charge in [-0.25, -0.2) is 0 Å². The summed E-state index contributed by atoms with van der Waals surface area (Å²) in [7, 11) is 1.70. The van der Waals surface area contributed by atoms with Crippen molar-refractivity contribution in [2.45, 2.75) is 45.1 Å². The Labute approximate surface area is 132 Å². The number of likely N-dealkylation sites (N-methyl/N-ethyl adjacent to an activating group) is 1. The quantitative estimate of drug-likeness (QED) is 0.798. The summed E-state index contributed by atoms with van der Waals surface area (Å²) in [5.74, 6) is -0.738. The van der Waals surface area contributed by atoms with E-state index >= 15 is 0 Å².